The van der Waals surface area contributed by atoms with Crippen LogP contribution < -0.4 is 5.32 Å². The van der Waals surface area contributed by atoms with Crippen molar-refractivity contribution in [3.8, 4) is 0 Å². The van der Waals surface area contributed by atoms with Crippen LogP contribution in [0, 0.1) is 11.8 Å². The summed E-state index contributed by atoms with van der Waals surface area (Å²) in [6, 6.07) is 0.685. The Balaban J connectivity index is 2.38. The molecule has 1 unspecified atom stereocenters. The van der Waals surface area contributed by atoms with E-state index < -0.39 is 0 Å². The third-order valence-corrected chi connectivity index (χ3v) is 3.52. The lowest BCUT2D eigenvalue weighted by Crippen LogP contribution is -2.37. The van der Waals surface area contributed by atoms with Gasteiger partial charge in [-0.05, 0) is 37.6 Å². The van der Waals surface area contributed by atoms with Crippen molar-refractivity contribution < 1.29 is 0 Å². The molecule has 0 heterocycles. The number of hydrogen-bond acceptors (Lipinski definition) is 1. The van der Waals surface area contributed by atoms with Gasteiger partial charge in [-0.1, -0.05) is 32.8 Å². The molecule has 0 bridgehead atoms. The van der Waals surface area contributed by atoms with Crippen LogP contribution in [0.15, 0.2) is 12.7 Å². The van der Waals surface area contributed by atoms with E-state index in [9.17, 15) is 0 Å². The predicted octanol–water partition coefficient (Wildman–Crippen LogP) is 3.37. The first-order valence-corrected chi connectivity index (χ1v) is 6.12. The summed E-state index contributed by atoms with van der Waals surface area (Å²) in [4.78, 5) is 0. The van der Waals surface area contributed by atoms with Crippen molar-refractivity contribution in [3.63, 3.8) is 0 Å². The average Bonchev–Trinajstić information content (AvgIpc) is 2.19. The van der Waals surface area contributed by atoms with E-state index in [1.165, 1.54) is 25.7 Å². The van der Waals surface area contributed by atoms with Gasteiger partial charge >= 0.3 is 0 Å². The summed E-state index contributed by atoms with van der Waals surface area (Å²) in [5.41, 5.74) is 0. The number of rotatable bonds is 5. The van der Waals surface area contributed by atoms with Gasteiger partial charge in [0.25, 0.3) is 0 Å². The quantitative estimate of drug-likeness (QED) is 0.663. The predicted molar refractivity (Wildman–Crippen MR) is 63.4 cm³/mol. The lowest BCUT2D eigenvalue weighted by molar-refractivity contribution is 0.232. The van der Waals surface area contributed by atoms with E-state index in [1.807, 2.05) is 0 Å². The molecule has 0 aromatic rings. The van der Waals surface area contributed by atoms with E-state index in [-0.39, 0.29) is 0 Å². The zero-order valence-corrected chi connectivity index (χ0v) is 9.76. The number of hydrogen-bond donors (Lipinski definition) is 1. The molecule has 1 rings (SSSR count). The molecule has 0 aromatic heterocycles. The topological polar surface area (TPSA) is 12.0 Å². The zero-order valence-electron chi connectivity index (χ0n) is 9.76. The maximum atomic E-state index is 3.85. The van der Waals surface area contributed by atoms with Crippen molar-refractivity contribution >= 4 is 0 Å². The molecular formula is C13H25N. The molecule has 1 aliphatic carbocycles. The molecule has 1 fully saturated rings. The second kappa shape index (κ2) is 6.23. The normalized spacial score (nSPS) is 29.9. The standard InChI is InChI=1S/C13H25N/c1-4-6-13(14-5-2)12-9-7-11(3)8-10-12/h4,11-14H,1,5-10H2,2-3H3. The van der Waals surface area contributed by atoms with Gasteiger partial charge in [-0.3, -0.25) is 0 Å². The maximum absolute atomic E-state index is 3.85. The minimum atomic E-state index is 0.685. The van der Waals surface area contributed by atoms with Crippen LogP contribution in [-0.4, -0.2) is 12.6 Å². The van der Waals surface area contributed by atoms with Gasteiger partial charge in [0.05, 0.1) is 0 Å². The first kappa shape index (κ1) is 11.8. The Morgan fingerprint density at radius 2 is 2.00 bits per heavy atom. The van der Waals surface area contributed by atoms with E-state index in [2.05, 4.69) is 31.8 Å². The molecule has 0 spiro atoms. The van der Waals surface area contributed by atoms with Crippen LogP contribution >= 0.6 is 0 Å². The van der Waals surface area contributed by atoms with E-state index >= 15 is 0 Å². The Bertz CT molecular complexity index is 157. The van der Waals surface area contributed by atoms with Gasteiger partial charge in [-0.2, -0.15) is 0 Å². The first-order chi connectivity index (χ1) is 6.77. The summed E-state index contributed by atoms with van der Waals surface area (Å²) < 4.78 is 0. The third kappa shape index (κ3) is 3.45. The van der Waals surface area contributed by atoms with E-state index in [1.54, 1.807) is 0 Å². The molecule has 1 saturated carbocycles. The Labute approximate surface area is 89.0 Å². The van der Waals surface area contributed by atoms with Crippen LogP contribution in [0.2, 0.25) is 0 Å². The van der Waals surface area contributed by atoms with E-state index in [0.717, 1.165) is 24.8 Å². The van der Waals surface area contributed by atoms with Crippen LogP contribution in [0.4, 0.5) is 0 Å². The third-order valence-electron chi connectivity index (χ3n) is 3.52. The van der Waals surface area contributed by atoms with E-state index in [4.69, 9.17) is 0 Å². The average molecular weight is 195 g/mol. The van der Waals surface area contributed by atoms with Gasteiger partial charge in [-0.15, -0.1) is 6.58 Å². The van der Waals surface area contributed by atoms with Crippen molar-refractivity contribution in [1.29, 1.82) is 0 Å². The molecule has 1 nitrogen and oxygen atoms in total. The van der Waals surface area contributed by atoms with E-state index in [0.29, 0.717) is 6.04 Å². The number of nitrogens with one attached hydrogen (secondary N) is 1. The minimum absolute atomic E-state index is 0.685. The first-order valence-electron chi connectivity index (χ1n) is 6.12. The molecule has 0 aromatic carbocycles. The minimum Gasteiger partial charge on any atom is -0.314 e. The molecule has 1 aliphatic rings. The fourth-order valence-electron chi connectivity index (χ4n) is 2.57. The summed E-state index contributed by atoms with van der Waals surface area (Å²) >= 11 is 0. The molecule has 82 valence electrons. The van der Waals surface area contributed by atoms with Crippen LogP contribution in [0.5, 0.6) is 0 Å². The Morgan fingerprint density at radius 3 is 2.50 bits per heavy atom. The highest BCUT2D eigenvalue weighted by Crippen LogP contribution is 2.31. The van der Waals surface area contributed by atoms with Gasteiger partial charge in [0.15, 0.2) is 0 Å². The van der Waals surface area contributed by atoms with Crippen molar-refractivity contribution in [2.75, 3.05) is 6.54 Å². The smallest absolute Gasteiger partial charge is 0.0130 e. The molecule has 0 amide bonds. The van der Waals surface area contributed by atoms with Crippen LogP contribution in [0.1, 0.15) is 46.0 Å². The molecule has 0 saturated heterocycles. The monoisotopic (exact) mass is 195 g/mol. The Kier molecular flexibility index (Phi) is 5.24. The molecule has 1 N–H and O–H groups in total. The summed E-state index contributed by atoms with van der Waals surface area (Å²) in [5, 5.41) is 3.60. The largest absolute Gasteiger partial charge is 0.314 e. The molecule has 1 heteroatoms. The summed E-state index contributed by atoms with van der Waals surface area (Å²) in [7, 11) is 0. The summed E-state index contributed by atoms with van der Waals surface area (Å²) in [5.74, 6) is 1.85. The summed E-state index contributed by atoms with van der Waals surface area (Å²) in [6.07, 6.45) is 8.85. The highest BCUT2D eigenvalue weighted by Gasteiger charge is 2.24. The van der Waals surface area contributed by atoms with Crippen molar-refractivity contribution in [2.45, 2.75) is 52.0 Å². The fraction of sp³-hybridized carbons (Fsp3) is 0.846. The fourth-order valence-corrected chi connectivity index (χ4v) is 2.57. The van der Waals surface area contributed by atoms with Crippen LogP contribution in [0.3, 0.4) is 0 Å². The van der Waals surface area contributed by atoms with Gasteiger partial charge in [0, 0.05) is 6.04 Å². The molecule has 0 aliphatic heterocycles. The van der Waals surface area contributed by atoms with Crippen LogP contribution in [-0.2, 0) is 0 Å². The molecule has 1 atom stereocenters. The van der Waals surface area contributed by atoms with Crippen LogP contribution in [0.25, 0.3) is 0 Å². The second-order valence-electron chi connectivity index (χ2n) is 4.71. The van der Waals surface area contributed by atoms with Crippen molar-refractivity contribution in [1.82, 2.24) is 5.32 Å². The molecule has 14 heavy (non-hydrogen) atoms. The van der Waals surface area contributed by atoms with Crippen molar-refractivity contribution in [3.05, 3.63) is 12.7 Å². The zero-order chi connectivity index (χ0) is 10.4. The van der Waals surface area contributed by atoms with Gasteiger partial charge in [0.2, 0.25) is 0 Å². The van der Waals surface area contributed by atoms with Gasteiger partial charge in [-0.25, -0.2) is 0 Å². The Morgan fingerprint density at radius 1 is 1.36 bits per heavy atom. The lowest BCUT2D eigenvalue weighted by Gasteiger charge is -2.32. The van der Waals surface area contributed by atoms with Gasteiger partial charge < -0.3 is 5.32 Å². The highest BCUT2D eigenvalue weighted by molar-refractivity contribution is 4.85. The lowest BCUT2D eigenvalue weighted by atomic mass is 9.78. The highest BCUT2D eigenvalue weighted by atomic mass is 14.9. The molecular weight excluding hydrogens is 170 g/mol. The SMILES string of the molecule is C=CCC(NCC)C1CCC(C)CC1. The molecule has 0 radical (unpaired) electrons. The second-order valence-corrected chi connectivity index (χ2v) is 4.71. The Hall–Kier alpha value is -0.300. The van der Waals surface area contributed by atoms with Gasteiger partial charge in [0.1, 0.15) is 0 Å². The summed E-state index contributed by atoms with van der Waals surface area (Å²) in [6.45, 7) is 9.52. The maximum Gasteiger partial charge on any atom is 0.0130 e. The van der Waals surface area contributed by atoms with Crippen molar-refractivity contribution in [2.24, 2.45) is 11.8 Å².